The van der Waals surface area contributed by atoms with Crippen LogP contribution < -0.4 is 4.74 Å². The molecule has 7 heteroatoms. The molecule has 0 saturated heterocycles. The number of aryl methyl sites for hydroxylation is 1. The molecule has 0 spiro atoms. The molecular formula is C23H22FNO5. The van der Waals surface area contributed by atoms with Gasteiger partial charge in [-0.3, -0.25) is 4.79 Å². The second-order valence-electron chi connectivity index (χ2n) is 6.82. The Morgan fingerprint density at radius 2 is 1.70 bits per heavy atom. The molecule has 1 amide bonds. The molecule has 0 aliphatic rings. The lowest BCUT2D eigenvalue weighted by Crippen LogP contribution is -2.30. The minimum atomic E-state index is -0.736. The molecule has 0 aliphatic carbocycles. The second kappa shape index (κ2) is 9.73. The number of hydrogen-bond acceptors (Lipinski definition) is 5. The first-order chi connectivity index (χ1) is 14.4. The number of hydrogen-bond donors (Lipinski definition) is 0. The zero-order valence-corrected chi connectivity index (χ0v) is 16.8. The molecule has 3 aromatic rings. The number of carbonyl (C=O) groups is 2. The third kappa shape index (κ3) is 5.94. The lowest BCUT2D eigenvalue weighted by Gasteiger charge is -2.17. The van der Waals surface area contributed by atoms with Crippen molar-refractivity contribution >= 4 is 11.9 Å². The minimum absolute atomic E-state index is 0.0262. The summed E-state index contributed by atoms with van der Waals surface area (Å²) < 4.78 is 28.8. The number of carbonyl (C=O) groups excluding carboxylic acids is 2. The van der Waals surface area contributed by atoms with Crippen molar-refractivity contribution in [2.45, 2.75) is 20.1 Å². The van der Waals surface area contributed by atoms with Gasteiger partial charge in [0.1, 0.15) is 23.9 Å². The van der Waals surface area contributed by atoms with Crippen molar-refractivity contribution in [2.75, 3.05) is 13.7 Å². The molecule has 1 heterocycles. The van der Waals surface area contributed by atoms with E-state index < -0.39 is 5.97 Å². The van der Waals surface area contributed by atoms with Gasteiger partial charge in [0.2, 0.25) is 5.76 Å². The van der Waals surface area contributed by atoms with Crippen molar-refractivity contribution in [1.29, 1.82) is 0 Å². The van der Waals surface area contributed by atoms with Crippen LogP contribution in [-0.4, -0.2) is 30.4 Å². The predicted molar refractivity (Wildman–Crippen MR) is 107 cm³/mol. The summed E-state index contributed by atoms with van der Waals surface area (Å²) in [6, 6.07) is 16.4. The number of halogens is 1. The fourth-order valence-corrected chi connectivity index (χ4v) is 2.61. The van der Waals surface area contributed by atoms with E-state index in [0.717, 1.165) is 11.1 Å². The van der Waals surface area contributed by atoms with Gasteiger partial charge in [0.25, 0.3) is 5.91 Å². The number of ether oxygens (including phenoxy) is 2. The monoisotopic (exact) mass is 411 g/mol. The van der Waals surface area contributed by atoms with Crippen LogP contribution in [0.5, 0.6) is 5.75 Å². The fourth-order valence-electron chi connectivity index (χ4n) is 2.61. The quantitative estimate of drug-likeness (QED) is 0.522. The van der Waals surface area contributed by atoms with Crippen LogP contribution in [0.15, 0.2) is 65.1 Å². The van der Waals surface area contributed by atoms with Gasteiger partial charge in [0.05, 0.1) is 0 Å². The lowest BCUT2D eigenvalue weighted by atomic mass is 10.1. The molecule has 156 valence electrons. The van der Waals surface area contributed by atoms with E-state index in [-0.39, 0.29) is 30.7 Å². The Kier molecular flexibility index (Phi) is 6.85. The Morgan fingerprint density at radius 3 is 2.40 bits per heavy atom. The van der Waals surface area contributed by atoms with E-state index in [0.29, 0.717) is 18.1 Å². The average Bonchev–Trinajstić information content (AvgIpc) is 3.22. The summed E-state index contributed by atoms with van der Waals surface area (Å²) in [4.78, 5) is 25.8. The van der Waals surface area contributed by atoms with Gasteiger partial charge in [0, 0.05) is 13.6 Å². The van der Waals surface area contributed by atoms with E-state index in [1.807, 2.05) is 31.2 Å². The van der Waals surface area contributed by atoms with Crippen LogP contribution in [0.4, 0.5) is 4.39 Å². The molecule has 0 fully saturated rings. The van der Waals surface area contributed by atoms with Crippen LogP contribution >= 0.6 is 0 Å². The van der Waals surface area contributed by atoms with Crippen molar-refractivity contribution in [1.82, 2.24) is 4.90 Å². The molecule has 6 nitrogen and oxygen atoms in total. The normalized spacial score (nSPS) is 10.5. The standard InChI is InChI=1S/C23H22FNO5/c1-16-3-5-17(6-4-16)13-25(2)22(26)15-29-23(27)21-12-11-20(30-21)14-28-19-9-7-18(24)8-10-19/h3-12H,13-15H2,1-2H3. The van der Waals surface area contributed by atoms with Crippen molar-refractivity contribution in [3.05, 3.63) is 89.1 Å². The smallest absolute Gasteiger partial charge is 0.374 e. The summed E-state index contributed by atoms with van der Waals surface area (Å²) in [6.45, 7) is 2.09. The van der Waals surface area contributed by atoms with Gasteiger partial charge >= 0.3 is 5.97 Å². The van der Waals surface area contributed by atoms with Crippen LogP contribution in [0, 0.1) is 12.7 Å². The molecule has 1 aromatic heterocycles. The van der Waals surface area contributed by atoms with Crippen LogP contribution in [0.1, 0.15) is 27.4 Å². The van der Waals surface area contributed by atoms with Crippen LogP contribution in [0.2, 0.25) is 0 Å². The number of amides is 1. The largest absolute Gasteiger partial charge is 0.486 e. The number of benzene rings is 2. The van der Waals surface area contributed by atoms with Crippen molar-refractivity contribution in [3.8, 4) is 5.75 Å². The minimum Gasteiger partial charge on any atom is -0.486 e. The highest BCUT2D eigenvalue weighted by Crippen LogP contribution is 2.16. The number of nitrogens with zero attached hydrogens (tertiary/aromatic N) is 1. The Hall–Kier alpha value is -3.61. The van der Waals surface area contributed by atoms with E-state index in [1.165, 1.54) is 35.2 Å². The van der Waals surface area contributed by atoms with E-state index >= 15 is 0 Å². The topological polar surface area (TPSA) is 69.0 Å². The Morgan fingerprint density at radius 1 is 1.00 bits per heavy atom. The number of likely N-dealkylation sites (N-methyl/N-ethyl adjacent to an activating group) is 1. The summed E-state index contributed by atoms with van der Waals surface area (Å²) in [5, 5.41) is 0. The van der Waals surface area contributed by atoms with E-state index in [4.69, 9.17) is 13.9 Å². The molecule has 0 bridgehead atoms. The SMILES string of the molecule is Cc1ccc(CN(C)C(=O)COC(=O)c2ccc(COc3ccc(F)cc3)o2)cc1. The first kappa shape index (κ1) is 21.1. The third-order valence-corrected chi connectivity index (χ3v) is 4.35. The third-order valence-electron chi connectivity index (χ3n) is 4.35. The number of esters is 1. The average molecular weight is 411 g/mol. The van der Waals surface area contributed by atoms with Crippen LogP contribution in [0.25, 0.3) is 0 Å². The zero-order chi connectivity index (χ0) is 21.5. The number of furan rings is 1. The lowest BCUT2D eigenvalue weighted by molar-refractivity contribution is -0.133. The van der Waals surface area contributed by atoms with E-state index in [1.54, 1.807) is 13.1 Å². The van der Waals surface area contributed by atoms with E-state index in [2.05, 4.69) is 0 Å². The van der Waals surface area contributed by atoms with Gasteiger partial charge in [-0.25, -0.2) is 9.18 Å². The Bertz CT molecular complexity index is 995. The molecule has 0 aliphatic heterocycles. The van der Waals surface area contributed by atoms with Crippen molar-refractivity contribution in [3.63, 3.8) is 0 Å². The first-order valence-corrected chi connectivity index (χ1v) is 9.34. The highest BCUT2D eigenvalue weighted by molar-refractivity contribution is 5.88. The summed E-state index contributed by atoms with van der Waals surface area (Å²) in [7, 11) is 1.65. The summed E-state index contributed by atoms with van der Waals surface area (Å²) >= 11 is 0. The van der Waals surface area contributed by atoms with Gasteiger partial charge in [0.15, 0.2) is 6.61 Å². The fraction of sp³-hybridized carbons (Fsp3) is 0.217. The maximum Gasteiger partial charge on any atom is 0.374 e. The van der Waals surface area contributed by atoms with Gasteiger partial charge in [-0.2, -0.15) is 0 Å². The molecule has 0 unspecified atom stereocenters. The number of rotatable bonds is 8. The maximum absolute atomic E-state index is 12.9. The Balaban J connectivity index is 1.45. The molecule has 0 saturated carbocycles. The van der Waals surface area contributed by atoms with Crippen molar-refractivity contribution in [2.24, 2.45) is 0 Å². The van der Waals surface area contributed by atoms with Gasteiger partial charge < -0.3 is 18.8 Å². The first-order valence-electron chi connectivity index (χ1n) is 9.34. The molecule has 0 N–H and O–H groups in total. The molecule has 0 radical (unpaired) electrons. The maximum atomic E-state index is 12.9. The van der Waals surface area contributed by atoms with Gasteiger partial charge in [-0.1, -0.05) is 29.8 Å². The molecule has 2 aromatic carbocycles. The van der Waals surface area contributed by atoms with Crippen LogP contribution in [0.3, 0.4) is 0 Å². The molecular weight excluding hydrogens is 389 g/mol. The van der Waals surface area contributed by atoms with E-state index in [9.17, 15) is 14.0 Å². The Labute approximate surface area is 173 Å². The van der Waals surface area contributed by atoms with Crippen molar-refractivity contribution < 1.29 is 27.9 Å². The molecule has 0 atom stereocenters. The summed E-state index contributed by atoms with van der Waals surface area (Å²) in [6.07, 6.45) is 0. The van der Waals surface area contributed by atoms with Gasteiger partial charge in [-0.15, -0.1) is 0 Å². The second-order valence-corrected chi connectivity index (χ2v) is 6.82. The van der Waals surface area contributed by atoms with Crippen LogP contribution in [-0.2, 0) is 22.7 Å². The summed E-state index contributed by atoms with van der Waals surface area (Å²) in [5.74, 6) is -0.574. The molecule has 30 heavy (non-hydrogen) atoms. The predicted octanol–water partition coefficient (Wildman–Crippen LogP) is 4.12. The van der Waals surface area contributed by atoms with Gasteiger partial charge in [-0.05, 0) is 48.9 Å². The molecule has 3 rings (SSSR count). The highest BCUT2D eigenvalue weighted by atomic mass is 19.1. The summed E-state index contributed by atoms with van der Waals surface area (Å²) in [5.41, 5.74) is 2.13. The zero-order valence-electron chi connectivity index (χ0n) is 16.8. The highest BCUT2D eigenvalue weighted by Gasteiger charge is 2.17.